The van der Waals surface area contributed by atoms with Gasteiger partial charge in [-0.2, -0.15) is 0 Å². The Morgan fingerprint density at radius 2 is 1.48 bits per heavy atom. The van der Waals surface area contributed by atoms with Crippen molar-refractivity contribution in [1.29, 1.82) is 0 Å². The van der Waals surface area contributed by atoms with Crippen LogP contribution in [-0.4, -0.2) is 7.05 Å². The molecule has 0 atom stereocenters. The third-order valence-electron chi connectivity index (χ3n) is 4.18. The second-order valence-corrected chi connectivity index (χ2v) is 6.28. The maximum absolute atomic E-state index is 6.26. The minimum Gasteiger partial charge on any atom is -0.397 e. The number of nitrogen functional groups attached to an aromatic ring is 1. The van der Waals surface area contributed by atoms with Crippen LogP contribution in [0.25, 0.3) is 0 Å². The molecule has 0 aliphatic carbocycles. The fourth-order valence-corrected chi connectivity index (χ4v) is 3.08. The normalized spacial score (nSPS) is 11.6. The predicted molar refractivity (Wildman–Crippen MR) is 108 cm³/mol. The first kappa shape index (κ1) is 15.5. The number of benzene rings is 3. The largest absolute Gasteiger partial charge is 0.397 e. The summed E-state index contributed by atoms with van der Waals surface area (Å²) in [4.78, 5) is 0. The summed E-state index contributed by atoms with van der Waals surface area (Å²) in [6.45, 7) is 0. The lowest BCUT2D eigenvalue weighted by molar-refractivity contribution is 1.43. The highest BCUT2D eigenvalue weighted by Gasteiger charge is 2.17. The zero-order valence-electron chi connectivity index (χ0n) is 13.7. The zero-order chi connectivity index (χ0) is 17.4. The first-order chi connectivity index (χ1) is 12.1. The van der Waals surface area contributed by atoms with Crippen LogP contribution in [0.4, 0.5) is 45.5 Å². The highest BCUT2D eigenvalue weighted by Crippen LogP contribution is 2.43. The fourth-order valence-electron chi connectivity index (χ4n) is 2.91. The summed E-state index contributed by atoms with van der Waals surface area (Å²) in [6.07, 6.45) is 0. The van der Waals surface area contributed by atoms with Gasteiger partial charge in [-0.3, -0.25) is 0 Å². The summed E-state index contributed by atoms with van der Waals surface area (Å²) < 4.78 is 0. The minimum atomic E-state index is 0.657. The Labute approximate surface area is 151 Å². The molecule has 0 fully saturated rings. The maximum Gasteiger partial charge on any atom is 0.0646 e. The zero-order valence-corrected chi connectivity index (χ0v) is 14.4. The molecule has 0 saturated heterocycles. The van der Waals surface area contributed by atoms with Crippen LogP contribution in [0.5, 0.6) is 0 Å². The molecule has 1 heterocycles. The summed E-state index contributed by atoms with van der Waals surface area (Å²) in [6, 6.07) is 17.6. The average molecular weight is 352 g/mol. The topological polar surface area (TPSA) is 74.1 Å². The van der Waals surface area contributed by atoms with Crippen molar-refractivity contribution in [3.63, 3.8) is 0 Å². The Bertz CT molecular complexity index is 955. The van der Waals surface area contributed by atoms with E-state index in [9.17, 15) is 0 Å². The van der Waals surface area contributed by atoms with Gasteiger partial charge in [0, 0.05) is 12.1 Å². The van der Waals surface area contributed by atoms with Gasteiger partial charge in [-0.25, -0.2) is 0 Å². The summed E-state index contributed by atoms with van der Waals surface area (Å²) >= 11 is 6.07. The molecule has 126 valence electrons. The van der Waals surface area contributed by atoms with E-state index in [-0.39, 0.29) is 0 Å². The summed E-state index contributed by atoms with van der Waals surface area (Å²) in [5.41, 5.74) is 13.5. The van der Waals surface area contributed by atoms with Gasteiger partial charge in [-0.05, 0) is 42.5 Å². The van der Waals surface area contributed by atoms with Crippen LogP contribution in [0.2, 0.25) is 5.02 Å². The van der Waals surface area contributed by atoms with Crippen LogP contribution in [0.3, 0.4) is 0 Å². The molecule has 0 amide bonds. The lowest BCUT2D eigenvalue weighted by Crippen LogP contribution is -2.08. The molecule has 6 N–H and O–H groups in total. The highest BCUT2D eigenvalue weighted by atomic mass is 35.5. The molecular formula is C19H18ClN5. The van der Waals surface area contributed by atoms with Crippen molar-refractivity contribution in [3.05, 3.63) is 59.6 Å². The molecule has 1 aliphatic rings. The fraction of sp³-hybridized carbons (Fsp3) is 0.0526. The maximum atomic E-state index is 6.26. The molecule has 0 spiro atoms. The van der Waals surface area contributed by atoms with Crippen molar-refractivity contribution in [3.8, 4) is 0 Å². The molecule has 0 radical (unpaired) electrons. The molecule has 25 heavy (non-hydrogen) atoms. The lowest BCUT2D eigenvalue weighted by Gasteiger charge is -2.25. The van der Waals surface area contributed by atoms with E-state index in [1.165, 1.54) is 0 Å². The first-order valence-electron chi connectivity index (χ1n) is 7.95. The molecule has 3 aromatic carbocycles. The van der Waals surface area contributed by atoms with E-state index >= 15 is 0 Å². The number of nitrogens with two attached hydrogens (primary N) is 1. The van der Waals surface area contributed by atoms with Crippen molar-refractivity contribution in [1.82, 2.24) is 0 Å². The highest BCUT2D eigenvalue weighted by molar-refractivity contribution is 6.31. The van der Waals surface area contributed by atoms with Gasteiger partial charge in [0.1, 0.15) is 0 Å². The molecule has 3 aromatic rings. The standard InChI is InChI=1S/C19H18ClN5/c1-22-13-4-2-3-5-14(13)23-16-10-19-18(9-12(16)21)25-17-8-11(20)6-7-15(17)24-19/h2-10,22-25H,21H2,1H3. The van der Waals surface area contributed by atoms with Gasteiger partial charge in [0.25, 0.3) is 0 Å². The SMILES string of the molecule is CNc1ccccc1Nc1cc2c(cc1N)Nc1cc(Cl)ccc1N2. The summed E-state index contributed by atoms with van der Waals surface area (Å²) in [5, 5.41) is 14.0. The van der Waals surface area contributed by atoms with Gasteiger partial charge in [-0.15, -0.1) is 0 Å². The third kappa shape index (κ3) is 2.90. The van der Waals surface area contributed by atoms with Crippen molar-refractivity contribution < 1.29 is 0 Å². The molecule has 1 aliphatic heterocycles. The van der Waals surface area contributed by atoms with E-state index in [0.29, 0.717) is 10.7 Å². The number of para-hydroxylation sites is 2. The van der Waals surface area contributed by atoms with Crippen LogP contribution in [0.15, 0.2) is 54.6 Å². The first-order valence-corrected chi connectivity index (χ1v) is 8.33. The Hall–Kier alpha value is -3.05. The molecule has 0 aromatic heterocycles. The molecular weight excluding hydrogens is 334 g/mol. The van der Waals surface area contributed by atoms with Crippen molar-refractivity contribution in [2.24, 2.45) is 0 Å². The molecule has 6 heteroatoms. The van der Waals surface area contributed by atoms with Gasteiger partial charge >= 0.3 is 0 Å². The van der Waals surface area contributed by atoms with E-state index < -0.39 is 0 Å². The molecule has 0 bridgehead atoms. The average Bonchev–Trinajstić information content (AvgIpc) is 2.61. The van der Waals surface area contributed by atoms with Crippen LogP contribution >= 0.6 is 11.6 Å². The van der Waals surface area contributed by atoms with Crippen LogP contribution in [0.1, 0.15) is 0 Å². The second-order valence-electron chi connectivity index (χ2n) is 5.85. The number of rotatable bonds is 3. The van der Waals surface area contributed by atoms with E-state index in [1.54, 1.807) is 0 Å². The van der Waals surface area contributed by atoms with E-state index in [4.69, 9.17) is 17.3 Å². The molecule has 0 saturated carbocycles. The van der Waals surface area contributed by atoms with Crippen molar-refractivity contribution in [2.75, 3.05) is 34.0 Å². The number of anilines is 8. The summed E-state index contributed by atoms with van der Waals surface area (Å²) in [5.74, 6) is 0. The Morgan fingerprint density at radius 1 is 0.800 bits per heavy atom. The Balaban J connectivity index is 1.69. The summed E-state index contributed by atoms with van der Waals surface area (Å²) in [7, 11) is 1.89. The van der Waals surface area contributed by atoms with Crippen molar-refractivity contribution >= 4 is 57.1 Å². The smallest absolute Gasteiger partial charge is 0.0646 e. The van der Waals surface area contributed by atoms with Crippen LogP contribution in [-0.2, 0) is 0 Å². The number of fused-ring (bicyclic) bond motifs is 2. The van der Waals surface area contributed by atoms with Gasteiger partial charge in [0.05, 0.1) is 45.5 Å². The third-order valence-corrected chi connectivity index (χ3v) is 4.41. The number of hydrogen-bond acceptors (Lipinski definition) is 5. The van der Waals surface area contributed by atoms with Crippen LogP contribution < -0.4 is 27.0 Å². The van der Waals surface area contributed by atoms with Gasteiger partial charge in [0.2, 0.25) is 0 Å². The quantitative estimate of drug-likeness (QED) is 0.315. The molecule has 4 rings (SSSR count). The number of halogens is 1. The molecule has 0 unspecified atom stereocenters. The van der Waals surface area contributed by atoms with Gasteiger partial charge in [-0.1, -0.05) is 23.7 Å². The second kappa shape index (κ2) is 6.11. The Kier molecular flexibility index (Phi) is 3.78. The van der Waals surface area contributed by atoms with Gasteiger partial charge in [0.15, 0.2) is 0 Å². The monoisotopic (exact) mass is 351 g/mol. The number of hydrogen-bond donors (Lipinski definition) is 5. The Morgan fingerprint density at radius 3 is 2.28 bits per heavy atom. The van der Waals surface area contributed by atoms with Crippen molar-refractivity contribution in [2.45, 2.75) is 0 Å². The van der Waals surface area contributed by atoms with E-state index in [1.807, 2.05) is 61.6 Å². The van der Waals surface area contributed by atoms with Crippen LogP contribution in [0, 0.1) is 0 Å². The van der Waals surface area contributed by atoms with E-state index in [0.717, 1.165) is 39.8 Å². The predicted octanol–water partition coefficient (Wildman–Crippen LogP) is 5.51. The van der Waals surface area contributed by atoms with Gasteiger partial charge < -0.3 is 27.0 Å². The number of nitrogens with one attached hydrogen (secondary N) is 4. The lowest BCUT2D eigenvalue weighted by atomic mass is 10.1. The minimum absolute atomic E-state index is 0.657. The van der Waals surface area contributed by atoms with E-state index in [2.05, 4.69) is 21.3 Å². The molecule has 5 nitrogen and oxygen atoms in total.